The van der Waals surface area contributed by atoms with Crippen molar-refractivity contribution in [3.63, 3.8) is 0 Å². The highest BCUT2D eigenvalue weighted by atomic mass is 35.5. The first kappa shape index (κ1) is 16.8. The Morgan fingerprint density at radius 1 is 1.17 bits per heavy atom. The molecule has 3 heterocycles. The normalized spacial score (nSPS) is 19.0. The molecule has 1 unspecified atom stereocenters. The van der Waals surface area contributed by atoms with Gasteiger partial charge in [-0.05, 0) is 25.0 Å². The summed E-state index contributed by atoms with van der Waals surface area (Å²) in [7, 11) is 0. The van der Waals surface area contributed by atoms with Crippen LogP contribution in [0.1, 0.15) is 18.4 Å². The number of hydrogen-bond acceptors (Lipinski definition) is 6. The van der Waals surface area contributed by atoms with Crippen molar-refractivity contribution < 1.29 is 9.47 Å². The van der Waals surface area contributed by atoms with Crippen LogP contribution in [-0.2, 0) is 6.54 Å². The molecule has 0 spiro atoms. The molecule has 1 saturated heterocycles. The van der Waals surface area contributed by atoms with Crippen LogP contribution < -0.4 is 19.7 Å². The zero-order chi connectivity index (χ0) is 15.5. The minimum Gasteiger partial charge on any atom is -0.454 e. The van der Waals surface area contributed by atoms with Gasteiger partial charge < -0.3 is 19.7 Å². The van der Waals surface area contributed by atoms with Crippen LogP contribution in [0, 0.1) is 0 Å². The van der Waals surface area contributed by atoms with Crippen LogP contribution in [0.2, 0.25) is 0 Å². The maximum atomic E-state index is 5.57. The molecule has 7 heteroatoms. The van der Waals surface area contributed by atoms with Crippen molar-refractivity contribution >= 4 is 18.4 Å². The van der Waals surface area contributed by atoms with Gasteiger partial charge in [0.1, 0.15) is 0 Å². The number of aromatic nitrogens is 2. The lowest BCUT2D eigenvalue weighted by atomic mass is 10.1. The molecule has 1 aromatic heterocycles. The highest BCUT2D eigenvalue weighted by Crippen LogP contribution is 2.35. The predicted molar refractivity (Wildman–Crippen MR) is 93.9 cm³/mol. The van der Waals surface area contributed by atoms with E-state index in [1.165, 1.54) is 0 Å². The van der Waals surface area contributed by atoms with E-state index in [4.69, 9.17) is 9.47 Å². The summed E-state index contributed by atoms with van der Waals surface area (Å²) < 4.78 is 11.0. The largest absolute Gasteiger partial charge is 0.454 e. The Morgan fingerprint density at radius 2 is 2.04 bits per heavy atom. The third kappa shape index (κ3) is 3.55. The van der Waals surface area contributed by atoms with Gasteiger partial charge in [-0.15, -0.1) is 12.4 Å². The van der Waals surface area contributed by atoms with Crippen LogP contribution in [0.4, 0.5) is 5.95 Å². The fourth-order valence-corrected chi connectivity index (χ4v) is 3.16. The van der Waals surface area contributed by atoms with Gasteiger partial charge in [-0.3, -0.25) is 0 Å². The SMILES string of the molecule is Cl.c1cnc(N2CCCC(NCc3cccc4c3OCO4)C2)nc1. The van der Waals surface area contributed by atoms with Gasteiger partial charge in [0.2, 0.25) is 12.7 Å². The number of piperidine rings is 1. The molecular weight excluding hydrogens is 328 g/mol. The van der Waals surface area contributed by atoms with Gasteiger partial charge in [-0.1, -0.05) is 12.1 Å². The van der Waals surface area contributed by atoms with Gasteiger partial charge in [0, 0.05) is 43.6 Å². The summed E-state index contributed by atoms with van der Waals surface area (Å²) in [4.78, 5) is 11.0. The van der Waals surface area contributed by atoms with E-state index in [-0.39, 0.29) is 12.4 Å². The molecule has 6 nitrogen and oxygen atoms in total. The van der Waals surface area contributed by atoms with E-state index in [0.717, 1.165) is 55.5 Å². The average molecular weight is 349 g/mol. The molecule has 0 amide bonds. The number of halogens is 1. The van der Waals surface area contributed by atoms with Gasteiger partial charge in [-0.25, -0.2) is 9.97 Å². The quantitative estimate of drug-likeness (QED) is 0.915. The average Bonchev–Trinajstić information content (AvgIpc) is 3.10. The minimum atomic E-state index is 0. The fraction of sp³-hybridized carbons (Fsp3) is 0.412. The highest BCUT2D eigenvalue weighted by molar-refractivity contribution is 5.85. The van der Waals surface area contributed by atoms with Gasteiger partial charge in [0.05, 0.1) is 0 Å². The van der Waals surface area contributed by atoms with Crippen LogP contribution in [-0.4, -0.2) is 35.9 Å². The smallest absolute Gasteiger partial charge is 0.231 e. The fourth-order valence-electron chi connectivity index (χ4n) is 3.16. The Kier molecular flexibility index (Phi) is 5.37. The summed E-state index contributed by atoms with van der Waals surface area (Å²) >= 11 is 0. The first-order chi connectivity index (χ1) is 11.4. The molecule has 24 heavy (non-hydrogen) atoms. The molecule has 2 aliphatic rings. The second-order valence-corrected chi connectivity index (χ2v) is 5.87. The molecule has 1 atom stereocenters. The molecule has 0 saturated carbocycles. The Bertz CT molecular complexity index is 671. The number of nitrogens with zero attached hydrogens (tertiary/aromatic N) is 3. The monoisotopic (exact) mass is 348 g/mol. The molecule has 0 aliphatic carbocycles. The van der Waals surface area contributed by atoms with E-state index in [0.29, 0.717) is 12.8 Å². The van der Waals surface area contributed by atoms with Crippen LogP contribution in [0.25, 0.3) is 0 Å². The molecule has 128 valence electrons. The van der Waals surface area contributed by atoms with Crippen molar-refractivity contribution in [2.45, 2.75) is 25.4 Å². The van der Waals surface area contributed by atoms with Crippen molar-refractivity contribution in [1.82, 2.24) is 15.3 Å². The van der Waals surface area contributed by atoms with Crippen LogP contribution in [0.3, 0.4) is 0 Å². The number of hydrogen-bond donors (Lipinski definition) is 1. The lowest BCUT2D eigenvalue weighted by Gasteiger charge is -2.33. The number of para-hydroxylation sites is 1. The summed E-state index contributed by atoms with van der Waals surface area (Å²) in [6.45, 7) is 3.03. The second-order valence-electron chi connectivity index (χ2n) is 5.87. The lowest BCUT2D eigenvalue weighted by Crippen LogP contribution is -2.46. The van der Waals surface area contributed by atoms with Gasteiger partial charge in [0.25, 0.3) is 0 Å². The number of ether oxygens (including phenoxy) is 2. The molecule has 2 aromatic rings. The van der Waals surface area contributed by atoms with Crippen molar-refractivity contribution in [3.05, 3.63) is 42.2 Å². The van der Waals surface area contributed by atoms with Crippen molar-refractivity contribution in [3.8, 4) is 11.5 Å². The van der Waals surface area contributed by atoms with E-state index in [1.807, 2.05) is 18.2 Å². The number of anilines is 1. The van der Waals surface area contributed by atoms with Crippen LogP contribution in [0.15, 0.2) is 36.7 Å². The van der Waals surface area contributed by atoms with E-state index in [9.17, 15) is 0 Å². The van der Waals surface area contributed by atoms with Gasteiger partial charge >= 0.3 is 0 Å². The Labute approximate surface area is 147 Å². The minimum absolute atomic E-state index is 0. The summed E-state index contributed by atoms with van der Waals surface area (Å²) in [6, 6.07) is 8.31. The van der Waals surface area contributed by atoms with Crippen LogP contribution in [0.5, 0.6) is 11.5 Å². The third-order valence-electron chi connectivity index (χ3n) is 4.32. The van der Waals surface area contributed by atoms with E-state index < -0.39 is 0 Å². The predicted octanol–water partition coefficient (Wildman–Crippen LogP) is 2.39. The number of rotatable bonds is 4. The van der Waals surface area contributed by atoms with E-state index in [2.05, 4.69) is 26.3 Å². The Balaban J connectivity index is 0.00000169. The maximum absolute atomic E-state index is 5.57. The molecule has 1 fully saturated rings. The summed E-state index contributed by atoms with van der Waals surface area (Å²) in [5, 5.41) is 3.63. The molecule has 2 aliphatic heterocycles. The first-order valence-corrected chi connectivity index (χ1v) is 8.03. The Morgan fingerprint density at radius 3 is 2.92 bits per heavy atom. The molecule has 0 bridgehead atoms. The second kappa shape index (κ2) is 7.68. The number of fused-ring (bicyclic) bond motifs is 1. The molecule has 4 rings (SSSR count). The molecule has 1 N–H and O–H groups in total. The zero-order valence-corrected chi connectivity index (χ0v) is 14.2. The van der Waals surface area contributed by atoms with Gasteiger partial charge in [-0.2, -0.15) is 0 Å². The topological polar surface area (TPSA) is 59.5 Å². The first-order valence-electron chi connectivity index (χ1n) is 8.03. The van der Waals surface area contributed by atoms with E-state index in [1.54, 1.807) is 12.4 Å². The maximum Gasteiger partial charge on any atom is 0.231 e. The van der Waals surface area contributed by atoms with Crippen LogP contribution >= 0.6 is 12.4 Å². The van der Waals surface area contributed by atoms with Crippen molar-refractivity contribution in [1.29, 1.82) is 0 Å². The molecule has 0 radical (unpaired) electrons. The standard InChI is InChI=1S/C17H20N4O2.ClH/c1-4-13(16-15(6-1)22-12-23-16)10-20-14-5-2-9-21(11-14)17-18-7-3-8-19-17;/h1,3-4,6-8,14,20H,2,5,9-12H2;1H. The summed E-state index contributed by atoms with van der Waals surface area (Å²) in [5.41, 5.74) is 1.15. The van der Waals surface area contributed by atoms with E-state index >= 15 is 0 Å². The third-order valence-corrected chi connectivity index (χ3v) is 4.32. The zero-order valence-electron chi connectivity index (χ0n) is 13.4. The lowest BCUT2D eigenvalue weighted by molar-refractivity contribution is 0.173. The van der Waals surface area contributed by atoms with Crippen molar-refractivity contribution in [2.75, 3.05) is 24.8 Å². The molecule has 1 aromatic carbocycles. The number of benzene rings is 1. The summed E-state index contributed by atoms with van der Waals surface area (Å²) in [6.07, 6.45) is 5.89. The summed E-state index contributed by atoms with van der Waals surface area (Å²) in [5.74, 6) is 2.53. The van der Waals surface area contributed by atoms with Gasteiger partial charge in [0.15, 0.2) is 11.5 Å². The van der Waals surface area contributed by atoms with Crippen molar-refractivity contribution in [2.24, 2.45) is 0 Å². The highest BCUT2D eigenvalue weighted by Gasteiger charge is 2.22. The Hall–Kier alpha value is -2.05. The molecular formula is C17H21ClN4O2. The number of nitrogens with one attached hydrogen (secondary N) is 1.